The van der Waals surface area contributed by atoms with Crippen molar-refractivity contribution in [3.63, 3.8) is 0 Å². The van der Waals surface area contributed by atoms with Crippen molar-refractivity contribution >= 4 is 63.8 Å². The molecule has 0 N–H and O–H groups in total. The normalized spacial score (nSPS) is 24.0. The average molecular weight is 570 g/mol. The second kappa shape index (κ2) is 8.52. The third-order valence-electron chi connectivity index (χ3n) is 2.64. The monoisotopic (exact) mass is 570 g/mol. The van der Waals surface area contributed by atoms with Crippen LogP contribution in [0.25, 0.3) is 0 Å². The van der Waals surface area contributed by atoms with E-state index >= 15 is 0 Å². The number of halogens is 2. The van der Waals surface area contributed by atoms with E-state index in [1.165, 1.54) is 0 Å². The first-order valence-electron chi connectivity index (χ1n) is 6.80. The van der Waals surface area contributed by atoms with E-state index in [-0.39, 0.29) is 14.8 Å². The highest BCUT2D eigenvalue weighted by Crippen LogP contribution is 2.64. The molecule has 0 amide bonds. The molecule has 1 aliphatic rings. The van der Waals surface area contributed by atoms with Crippen LogP contribution >= 0.6 is 57.9 Å². The number of rotatable bonds is 4. The maximum Gasteiger partial charge on any atom is 0.306 e. The third kappa shape index (κ3) is 8.34. The molecule has 0 aromatic carbocycles. The molecule has 8 heteroatoms. The Hall–Kier alpha value is 1.19. The van der Waals surface area contributed by atoms with Gasteiger partial charge in [-0.25, -0.2) is 0 Å². The van der Waals surface area contributed by atoms with Gasteiger partial charge in [0.25, 0.3) is 0 Å². The molecule has 1 aliphatic heterocycles. The van der Waals surface area contributed by atoms with Gasteiger partial charge in [0.05, 0.1) is 9.02 Å². The van der Waals surface area contributed by atoms with Gasteiger partial charge in [-0.15, -0.1) is 0 Å². The summed E-state index contributed by atoms with van der Waals surface area (Å²) in [6, 6.07) is 0. The Morgan fingerprint density at radius 3 is 2.50 bits per heavy atom. The predicted molar refractivity (Wildman–Crippen MR) is 109 cm³/mol. The molecule has 0 aromatic heterocycles. The lowest BCUT2D eigenvalue weighted by atomic mass is 10.00. The number of hydrogen-bond acceptors (Lipinski definition) is 5. The molecule has 22 heavy (non-hydrogen) atoms. The Morgan fingerprint density at radius 2 is 2.05 bits per heavy atom. The van der Waals surface area contributed by atoms with Crippen LogP contribution in [0.1, 0.15) is 47.5 Å². The maximum absolute atomic E-state index is 11.9. The Bertz CT molecular complexity index is 468. The van der Waals surface area contributed by atoms with Crippen LogP contribution in [0.4, 0.5) is 0 Å². The average Bonchev–Trinajstić information content (AvgIpc) is 2.61. The molecule has 0 saturated carbocycles. The molecule has 0 radical (unpaired) electrons. The minimum Gasteiger partial charge on any atom is -0.460 e. The van der Waals surface area contributed by atoms with Gasteiger partial charge in [0.1, 0.15) is 5.60 Å². The summed E-state index contributed by atoms with van der Waals surface area (Å²) in [4.78, 5) is 11.9. The van der Waals surface area contributed by atoms with Crippen molar-refractivity contribution in [2.75, 3.05) is 6.61 Å². The van der Waals surface area contributed by atoms with Gasteiger partial charge in [0.15, 0.2) is 11.4 Å². The van der Waals surface area contributed by atoms with Gasteiger partial charge in [0, 0.05) is 12.8 Å². The Kier molecular flexibility index (Phi) is 8.23. The smallest absolute Gasteiger partial charge is 0.306 e. The molecule has 4 nitrogen and oxygen atoms in total. The van der Waals surface area contributed by atoms with Crippen LogP contribution < -0.4 is 0 Å². The summed E-state index contributed by atoms with van der Waals surface area (Å²) in [6.45, 7) is 9.67. The zero-order valence-electron chi connectivity index (χ0n) is 13.4. The Morgan fingerprint density at radius 1 is 1.41 bits per heavy atom. The molecular weight excluding hydrogens is 549 g/mol. The van der Waals surface area contributed by atoms with Crippen molar-refractivity contribution in [3.8, 4) is 11.2 Å². The van der Waals surface area contributed by atoms with E-state index in [4.69, 9.17) is 14.2 Å². The molecule has 0 bridgehead atoms. The lowest BCUT2D eigenvalue weighted by molar-refractivity contribution is -0.161. The molecule has 1 atom stereocenters. The fraction of sp³-hybridized carbons (Fsp3) is 0.786. The summed E-state index contributed by atoms with van der Waals surface area (Å²) in [5.74, 6) is 2.25. The second-order valence-electron chi connectivity index (χ2n) is 6.39. The number of ether oxygens (including phenoxy) is 3. The molecule has 0 spiro atoms. The van der Waals surface area contributed by atoms with Crippen LogP contribution in [0.15, 0.2) is 0 Å². The first kappa shape index (κ1) is 21.2. The van der Waals surface area contributed by atoms with Crippen LogP contribution in [-0.4, -0.2) is 29.6 Å². The Labute approximate surface area is 164 Å². The van der Waals surface area contributed by atoms with Crippen LogP contribution in [0.5, 0.6) is 0 Å². The lowest BCUT2D eigenvalue weighted by Gasteiger charge is -2.25. The van der Waals surface area contributed by atoms with Crippen LogP contribution in [0.3, 0.4) is 0 Å². The highest BCUT2D eigenvalue weighted by molar-refractivity contribution is 14.3. The summed E-state index contributed by atoms with van der Waals surface area (Å²) >= 11 is 6.29. The SMILES string of the molecule is CC(C)(C)OC(=O)CC[C@@]1(C#CSP(I)I)COC(C)(C)O1. The van der Waals surface area contributed by atoms with E-state index < -0.39 is 17.0 Å². The molecule has 1 rings (SSSR count). The van der Waals surface area contributed by atoms with Crippen molar-refractivity contribution in [2.45, 2.75) is 64.4 Å². The molecule has 0 unspecified atom stereocenters. The van der Waals surface area contributed by atoms with Gasteiger partial charge < -0.3 is 14.2 Å². The predicted octanol–water partition coefficient (Wildman–Crippen LogP) is 5.42. The zero-order valence-corrected chi connectivity index (χ0v) is 19.4. The van der Waals surface area contributed by atoms with Crippen molar-refractivity contribution < 1.29 is 19.0 Å². The highest BCUT2D eigenvalue weighted by atomic mass is 127. The molecular formula is C14H21I2O4PS. The van der Waals surface area contributed by atoms with Gasteiger partial charge in [-0.3, -0.25) is 4.79 Å². The van der Waals surface area contributed by atoms with E-state index in [9.17, 15) is 4.79 Å². The number of hydrogen-bond donors (Lipinski definition) is 0. The van der Waals surface area contributed by atoms with Gasteiger partial charge in [0.2, 0.25) is 0 Å². The first-order chi connectivity index (χ1) is 9.93. The van der Waals surface area contributed by atoms with Gasteiger partial charge in [-0.1, -0.05) is 5.92 Å². The summed E-state index contributed by atoms with van der Waals surface area (Å²) in [5, 5.41) is 3.10. The van der Waals surface area contributed by atoms with Crippen molar-refractivity contribution in [1.29, 1.82) is 0 Å². The molecule has 1 heterocycles. The summed E-state index contributed by atoms with van der Waals surface area (Å²) in [6.07, 6.45) is 0.735. The standard InChI is InChI=1S/C14H21I2O4PS/c1-12(2,3)19-11(17)6-7-14(8-9-22-21(15)16)10-18-13(4,5)20-14/h6-7,10H2,1-5H3/t14-/m1/s1. The number of carbonyl (C=O) groups excluding carboxylic acids is 1. The minimum atomic E-state index is -0.730. The summed E-state index contributed by atoms with van der Waals surface area (Å²) in [7, 11) is 0. The molecule has 1 fully saturated rings. The molecule has 1 saturated heterocycles. The fourth-order valence-electron chi connectivity index (χ4n) is 1.91. The molecule has 0 aromatic rings. The van der Waals surface area contributed by atoms with Crippen molar-refractivity contribution in [2.24, 2.45) is 0 Å². The van der Waals surface area contributed by atoms with Crippen LogP contribution in [-0.2, 0) is 19.0 Å². The first-order valence-corrected chi connectivity index (χ1v) is 15.1. The van der Waals surface area contributed by atoms with Gasteiger partial charge in [-0.2, -0.15) is 0 Å². The molecule has 0 aliphatic carbocycles. The zero-order chi connectivity index (χ0) is 17.0. The van der Waals surface area contributed by atoms with Crippen LogP contribution in [0.2, 0.25) is 0 Å². The minimum absolute atomic E-state index is 0.212. The van der Waals surface area contributed by atoms with E-state index in [1.807, 2.05) is 34.6 Å². The van der Waals surface area contributed by atoms with Crippen LogP contribution in [0, 0.1) is 11.2 Å². The quantitative estimate of drug-likeness (QED) is 0.196. The van der Waals surface area contributed by atoms with E-state index in [0.717, 1.165) is 0 Å². The third-order valence-corrected chi connectivity index (χ3v) is 7.20. The van der Waals surface area contributed by atoms with Crippen molar-refractivity contribution in [1.82, 2.24) is 0 Å². The Balaban J connectivity index is 2.71. The topological polar surface area (TPSA) is 44.8 Å². The molecule has 126 valence electrons. The number of carbonyl (C=O) groups is 1. The number of esters is 1. The van der Waals surface area contributed by atoms with E-state index in [0.29, 0.717) is 13.0 Å². The highest BCUT2D eigenvalue weighted by Gasteiger charge is 2.44. The van der Waals surface area contributed by atoms with Crippen molar-refractivity contribution in [3.05, 3.63) is 0 Å². The summed E-state index contributed by atoms with van der Waals surface area (Å²) < 4.78 is 16.8. The van der Waals surface area contributed by atoms with E-state index in [1.54, 1.807) is 11.4 Å². The van der Waals surface area contributed by atoms with Gasteiger partial charge in [-0.05, 0) is 95.3 Å². The van der Waals surface area contributed by atoms with E-state index in [2.05, 4.69) is 55.3 Å². The second-order valence-corrected chi connectivity index (χ2v) is 24.1. The summed E-state index contributed by atoms with van der Waals surface area (Å²) in [5.41, 5.74) is -1.21. The fourth-order valence-corrected chi connectivity index (χ4v) is 4.33. The van der Waals surface area contributed by atoms with Gasteiger partial charge >= 0.3 is 5.97 Å². The lowest BCUT2D eigenvalue weighted by Crippen LogP contribution is -2.34. The largest absolute Gasteiger partial charge is 0.460 e. The maximum atomic E-state index is 11.9.